The zero-order valence-electron chi connectivity index (χ0n) is 14.1. The maximum Gasteiger partial charge on any atom is 0.273 e. The van der Waals surface area contributed by atoms with Crippen LogP contribution in [-0.2, 0) is 19.5 Å². The molecular formula is C20H20N2O3. The third kappa shape index (κ3) is 4.26. The Kier molecular flexibility index (Phi) is 5.14. The van der Waals surface area contributed by atoms with Gasteiger partial charge in [-0.25, -0.2) is 0 Å². The molecule has 0 atom stereocenters. The van der Waals surface area contributed by atoms with Gasteiger partial charge in [-0.2, -0.15) is 0 Å². The molecule has 0 bridgehead atoms. The first-order chi connectivity index (χ1) is 12.2. The summed E-state index contributed by atoms with van der Waals surface area (Å²) in [6, 6.07) is 14.2. The number of carbonyl (C=O) groups is 1. The summed E-state index contributed by atoms with van der Waals surface area (Å²) in [5.41, 5.74) is 2.41. The van der Waals surface area contributed by atoms with Gasteiger partial charge in [0, 0.05) is 12.7 Å². The summed E-state index contributed by atoms with van der Waals surface area (Å²) in [7, 11) is 0. The van der Waals surface area contributed by atoms with Gasteiger partial charge in [-0.1, -0.05) is 19.1 Å². The lowest BCUT2D eigenvalue weighted by Gasteiger charge is -2.22. The van der Waals surface area contributed by atoms with Crippen molar-refractivity contribution in [3.8, 4) is 5.75 Å². The Labute approximate surface area is 146 Å². The van der Waals surface area contributed by atoms with Gasteiger partial charge in [0.1, 0.15) is 17.2 Å². The van der Waals surface area contributed by atoms with Crippen LogP contribution in [0.25, 0.3) is 0 Å². The van der Waals surface area contributed by atoms with Crippen molar-refractivity contribution in [1.82, 2.24) is 9.88 Å². The second-order valence-corrected chi connectivity index (χ2v) is 5.81. The van der Waals surface area contributed by atoms with E-state index in [0.717, 1.165) is 17.5 Å². The molecule has 3 rings (SSSR count). The number of rotatable bonds is 6. The zero-order valence-corrected chi connectivity index (χ0v) is 14.1. The van der Waals surface area contributed by atoms with Crippen molar-refractivity contribution in [3.63, 3.8) is 0 Å². The standard InChI is InChI=1S/C20H20N2O3/c1-2-15-9-10-21-19(12-15)20(24)22(14-18-4-3-11-25-18)13-16-5-7-17(23)8-6-16/h3-12,23H,2,13-14H2,1H3. The molecule has 1 N–H and O–H groups in total. The molecule has 5 heteroatoms. The summed E-state index contributed by atoms with van der Waals surface area (Å²) in [6.07, 6.45) is 4.10. The first-order valence-corrected chi connectivity index (χ1v) is 8.20. The van der Waals surface area contributed by atoms with Gasteiger partial charge in [0.25, 0.3) is 5.91 Å². The third-order valence-electron chi connectivity index (χ3n) is 3.98. The number of furan rings is 1. The monoisotopic (exact) mass is 336 g/mol. The molecule has 0 spiro atoms. The van der Waals surface area contributed by atoms with Crippen molar-refractivity contribution >= 4 is 5.91 Å². The van der Waals surface area contributed by atoms with E-state index in [1.807, 2.05) is 25.1 Å². The molecule has 1 aromatic carbocycles. The minimum Gasteiger partial charge on any atom is -0.508 e. The van der Waals surface area contributed by atoms with Crippen LogP contribution in [-0.4, -0.2) is 20.9 Å². The Hall–Kier alpha value is -3.08. The topological polar surface area (TPSA) is 66.6 Å². The van der Waals surface area contributed by atoms with E-state index in [0.29, 0.717) is 24.5 Å². The molecule has 0 aliphatic rings. The van der Waals surface area contributed by atoms with E-state index in [2.05, 4.69) is 4.98 Å². The Bertz CT molecular complexity index is 826. The van der Waals surface area contributed by atoms with Gasteiger partial charge in [0.05, 0.1) is 12.8 Å². The molecule has 1 amide bonds. The zero-order chi connectivity index (χ0) is 17.6. The molecule has 0 saturated heterocycles. The fourth-order valence-corrected chi connectivity index (χ4v) is 2.59. The van der Waals surface area contributed by atoms with Gasteiger partial charge in [-0.15, -0.1) is 0 Å². The van der Waals surface area contributed by atoms with Crippen LogP contribution in [0.3, 0.4) is 0 Å². The number of nitrogens with zero attached hydrogens (tertiary/aromatic N) is 2. The molecule has 0 radical (unpaired) electrons. The molecule has 5 nitrogen and oxygen atoms in total. The number of hydrogen-bond donors (Lipinski definition) is 1. The largest absolute Gasteiger partial charge is 0.508 e. The highest BCUT2D eigenvalue weighted by Crippen LogP contribution is 2.16. The maximum atomic E-state index is 13.0. The molecule has 0 unspecified atom stereocenters. The average Bonchev–Trinajstić information content (AvgIpc) is 3.15. The fourth-order valence-electron chi connectivity index (χ4n) is 2.59. The summed E-state index contributed by atoms with van der Waals surface area (Å²) < 4.78 is 5.40. The van der Waals surface area contributed by atoms with E-state index in [1.165, 1.54) is 0 Å². The van der Waals surface area contributed by atoms with Crippen LogP contribution in [0.1, 0.15) is 34.3 Å². The van der Waals surface area contributed by atoms with Crippen LogP contribution in [0, 0.1) is 0 Å². The highest BCUT2D eigenvalue weighted by molar-refractivity contribution is 5.92. The van der Waals surface area contributed by atoms with E-state index in [9.17, 15) is 9.90 Å². The Morgan fingerprint density at radius 1 is 1.12 bits per heavy atom. The van der Waals surface area contributed by atoms with Crippen molar-refractivity contribution in [3.05, 3.63) is 83.6 Å². The fraction of sp³-hybridized carbons (Fsp3) is 0.200. The molecule has 3 aromatic rings. The molecule has 2 heterocycles. The summed E-state index contributed by atoms with van der Waals surface area (Å²) in [5, 5.41) is 9.44. The van der Waals surface area contributed by atoms with Gasteiger partial charge in [-0.05, 0) is 53.9 Å². The highest BCUT2D eigenvalue weighted by Gasteiger charge is 2.19. The second-order valence-electron chi connectivity index (χ2n) is 5.81. The Balaban J connectivity index is 1.86. The van der Waals surface area contributed by atoms with Gasteiger partial charge >= 0.3 is 0 Å². The number of aromatic hydroxyl groups is 1. The number of carbonyl (C=O) groups excluding carboxylic acids is 1. The van der Waals surface area contributed by atoms with Crippen molar-refractivity contribution in [2.45, 2.75) is 26.4 Å². The summed E-state index contributed by atoms with van der Waals surface area (Å²) in [5.74, 6) is 0.753. The molecular weight excluding hydrogens is 316 g/mol. The van der Waals surface area contributed by atoms with Crippen LogP contribution in [0.5, 0.6) is 5.75 Å². The molecule has 128 valence electrons. The number of aromatic nitrogens is 1. The second kappa shape index (κ2) is 7.66. The quantitative estimate of drug-likeness (QED) is 0.744. The smallest absolute Gasteiger partial charge is 0.273 e. The summed E-state index contributed by atoms with van der Waals surface area (Å²) in [6.45, 7) is 2.79. The number of pyridine rings is 1. The van der Waals surface area contributed by atoms with E-state index in [1.54, 1.807) is 47.7 Å². The van der Waals surface area contributed by atoms with Crippen LogP contribution in [0.4, 0.5) is 0 Å². The molecule has 0 aliphatic carbocycles. The van der Waals surface area contributed by atoms with Crippen LogP contribution >= 0.6 is 0 Å². The first kappa shape index (κ1) is 16.8. The van der Waals surface area contributed by atoms with E-state index in [-0.39, 0.29) is 11.7 Å². The van der Waals surface area contributed by atoms with Crippen molar-refractivity contribution < 1.29 is 14.3 Å². The SMILES string of the molecule is CCc1ccnc(C(=O)N(Cc2ccc(O)cc2)Cc2ccco2)c1. The van der Waals surface area contributed by atoms with Gasteiger partial charge in [-0.3, -0.25) is 9.78 Å². The maximum absolute atomic E-state index is 13.0. The van der Waals surface area contributed by atoms with Gasteiger partial charge in [0.2, 0.25) is 0 Å². The lowest BCUT2D eigenvalue weighted by Crippen LogP contribution is -2.30. The molecule has 25 heavy (non-hydrogen) atoms. The van der Waals surface area contributed by atoms with Crippen molar-refractivity contribution in [1.29, 1.82) is 0 Å². The number of hydrogen-bond acceptors (Lipinski definition) is 4. The first-order valence-electron chi connectivity index (χ1n) is 8.20. The van der Waals surface area contributed by atoms with E-state index in [4.69, 9.17) is 4.42 Å². The van der Waals surface area contributed by atoms with Crippen LogP contribution in [0.2, 0.25) is 0 Å². The summed E-state index contributed by atoms with van der Waals surface area (Å²) >= 11 is 0. The van der Waals surface area contributed by atoms with Gasteiger partial charge < -0.3 is 14.4 Å². The number of phenols is 1. The summed E-state index contributed by atoms with van der Waals surface area (Å²) in [4.78, 5) is 18.9. The van der Waals surface area contributed by atoms with Gasteiger partial charge in [0.15, 0.2) is 0 Å². The molecule has 0 fully saturated rings. The lowest BCUT2D eigenvalue weighted by atomic mass is 10.1. The van der Waals surface area contributed by atoms with E-state index >= 15 is 0 Å². The van der Waals surface area contributed by atoms with Crippen LogP contribution in [0.15, 0.2) is 65.4 Å². The normalized spacial score (nSPS) is 10.6. The predicted molar refractivity (Wildman–Crippen MR) is 94.0 cm³/mol. The Morgan fingerprint density at radius 3 is 2.60 bits per heavy atom. The minimum atomic E-state index is -0.153. The molecule has 2 aromatic heterocycles. The predicted octanol–water partition coefficient (Wildman–Crippen LogP) is 3.79. The third-order valence-corrected chi connectivity index (χ3v) is 3.98. The van der Waals surface area contributed by atoms with Crippen molar-refractivity contribution in [2.75, 3.05) is 0 Å². The number of phenolic OH excluding ortho intramolecular Hbond substituents is 1. The number of benzene rings is 1. The minimum absolute atomic E-state index is 0.153. The highest BCUT2D eigenvalue weighted by atomic mass is 16.3. The van der Waals surface area contributed by atoms with Crippen molar-refractivity contribution in [2.24, 2.45) is 0 Å². The lowest BCUT2D eigenvalue weighted by molar-refractivity contribution is 0.0711. The molecule has 0 aliphatic heterocycles. The number of amides is 1. The number of aryl methyl sites for hydroxylation is 1. The Morgan fingerprint density at radius 2 is 1.92 bits per heavy atom. The van der Waals surface area contributed by atoms with E-state index < -0.39 is 0 Å². The average molecular weight is 336 g/mol. The molecule has 0 saturated carbocycles. The van der Waals surface area contributed by atoms with Crippen LogP contribution < -0.4 is 0 Å².